The second-order valence-corrected chi connectivity index (χ2v) is 5.95. The third kappa shape index (κ3) is 5.83. The van der Waals surface area contributed by atoms with Crippen molar-refractivity contribution in [1.82, 2.24) is 9.80 Å². The number of piperidine rings is 2. The van der Waals surface area contributed by atoms with Crippen molar-refractivity contribution in [2.24, 2.45) is 11.8 Å². The average molecular weight is 256 g/mol. The van der Waals surface area contributed by atoms with Gasteiger partial charge in [0.05, 0.1) is 5.92 Å². The van der Waals surface area contributed by atoms with Gasteiger partial charge in [-0.25, -0.2) is 0 Å². The van der Waals surface area contributed by atoms with E-state index >= 15 is 0 Å². The summed E-state index contributed by atoms with van der Waals surface area (Å²) < 4.78 is 0. The minimum absolute atomic E-state index is 0.126. The highest BCUT2D eigenvalue weighted by atomic mass is 16.4. The number of aliphatic carboxylic acids is 1. The van der Waals surface area contributed by atoms with Crippen LogP contribution in [0, 0.1) is 11.8 Å². The monoisotopic (exact) mass is 256 g/mol. The third-order valence-corrected chi connectivity index (χ3v) is 3.83. The molecule has 0 aliphatic carbocycles. The first-order valence-electron chi connectivity index (χ1n) is 7.09. The van der Waals surface area contributed by atoms with Gasteiger partial charge in [0.15, 0.2) is 0 Å². The van der Waals surface area contributed by atoms with E-state index in [1.165, 1.54) is 25.9 Å². The number of hydrogen-bond acceptors (Lipinski definition) is 3. The molecule has 0 aromatic carbocycles. The molecule has 0 unspecified atom stereocenters. The molecule has 0 bridgehead atoms. The Morgan fingerprint density at radius 3 is 1.94 bits per heavy atom. The maximum Gasteiger partial charge on any atom is 0.307 e. The third-order valence-electron chi connectivity index (χ3n) is 3.83. The number of carboxylic acid groups (broad SMARTS) is 1. The lowest BCUT2D eigenvalue weighted by Gasteiger charge is -2.26. The molecule has 2 aliphatic rings. The Morgan fingerprint density at radius 2 is 1.61 bits per heavy atom. The van der Waals surface area contributed by atoms with Crippen LogP contribution in [0.25, 0.3) is 0 Å². The van der Waals surface area contributed by atoms with Gasteiger partial charge in [-0.2, -0.15) is 0 Å². The fraction of sp³-hybridized carbons (Fsp3) is 0.929. The highest BCUT2D eigenvalue weighted by Crippen LogP contribution is 2.14. The van der Waals surface area contributed by atoms with Crippen LogP contribution in [0.3, 0.4) is 0 Å². The molecule has 2 aliphatic heterocycles. The number of nitrogens with zero attached hydrogens (tertiary/aromatic N) is 2. The summed E-state index contributed by atoms with van der Waals surface area (Å²) in [5, 5.41) is 8.63. The molecule has 2 heterocycles. The largest absolute Gasteiger partial charge is 0.481 e. The lowest BCUT2D eigenvalue weighted by Crippen LogP contribution is -2.35. The summed E-state index contributed by atoms with van der Waals surface area (Å²) >= 11 is 0. The van der Waals surface area contributed by atoms with Gasteiger partial charge in [0.1, 0.15) is 0 Å². The van der Waals surface area contributed by atoms with Crippen molar-refractivity contribution >= 4 is 5.97 Å². The minimum atomic E-state index is -0.647. The zero-order valence-corrected chi connectivity index (χ0v) is 12.1. The van der Waals surface area contributed by atoms with Gasteiger partial charge in [-0.3, -0.25) is 4.79 Å². The van der Waals surface area contributed by atoms with Gasteiger partial charge in [0, 0.05) is 13.1 Å². The standard InChI is InChI=1S/C7H13NO2.C7H15N/c1-8-4-2-3-6(5-8)7(9)10;1-7-4-3-5-8(2)6-7/h6H,2-5H2,1H3,(H,9,10);7H,3-6H2,1-2H3/t6-;7-/m10/s1. The second-order valence-electron chi connectivity index (χ2n) is 5.95. The predicted octanol–water partition coefficient (Wildman–Crippen LogP) is 1.76. The molecule has 1 N–H and O–H groups in total. The SMILES string of the molecule is CN1CCC[C@@H](C(=O)O)C1.C[C@H]1CCCN(C)C1. The molecule has 2 rings (SSSR count). The molecule has 0 aromatic heterocycles. The molecular formula is C14H28N2O2. The molecule has 0 spiro atoms. The molecule has 2 fully saturated rings. The van der Waals surface area contributed by atoms with Gasteiger partial charge in [-0.1, -0.05) is 6.92 Å². The topological polar surface area (TPSA) is 43.8 Å². The van der Waals surface area contributed by atoms with Gasteiger partial charge in [0.25, 0.3) is 0 Å². The molecule has 2 atom stereocenters. The van der Waals surface area contributed by atoms with Gasteiger partial charge in [-0.05, 0) is 58.8 Å². The maximum absolute atomic E-state index is 10.5. The summed E-state index contributed by atoms with van der Waals surface area (Å²) in [6.07, 6.45) is 4.70. The number of hydrogen-bond donors (Lipinski definition) is 1. The molecule has 2 saturated heterocycles. The first-order chi connectivity index (χ1) is 8.49. The van der Waals surface area contributed by atoms with E-state index in [0.29, 0.717) is 0 Å². The number of rotatable bonds is 1. The fourth-order valence-electron chi connectivity index (χ4n) is 2.79. The smallest absolute Gasteiger partial charge is 0.307 e. The lowest BCUT2D eigenvalue weighted by molar-refractivity contribution is -0.143. The van der Waals surface area contributed by atoms with Crippen LogP contribution in [-0.4, -0.2) is 61.2 Å². The van der Waals surface area contributed by atoms with E-state index in [9.17, 15) is 4.79 Å². The van der Waals surface area contributed by atoms with Gasteiger partial charge in [-0.15, -0.1) is 0 Å². The minimum Gasteiger partial charge on any atom is -0.481 e. The first kappa shape index (κ1) is 15.4. The molecule has 0 saturated carbocycles. The number of carbonyl (C=O) groups is 1. The van der Waals surface area contributed by atoms with Crippen LogP contribution in [0.15, 0.2) is 0 Å². The Bertz CT molecular complexity index is 250. The van der Waals surface area contributed by atoms with Crippen molar-refractivity contribution in [2.75, 3.05) is 40.3 Å². The van der Waals surface area contributed by atoms with E-state index in [4.69, 9.17) is 5.11 Å². The molecule has 0 radical (unpaired) electrons. The van der Waals surface area contributed by atoms with E-state index in [2.05, 4.69) is 23.8 Å². The zero-order chi connectivity index (χ0) is 13.5. The van der Waals surface area contributed by atoms with Gasteiger partial charge < -0.3 is 14.9 Å². The number of likely N-dealkylation sites (tertiary alicyclic amines) is 2. The van der Waals surface area contributed by atoms with Crippen molar-refractivity contribution in [3.05, 3.63) is 0 Å². The molecule has 0 aromatic rings. The summed E-state index contributed by atoms with van der Waals surface area (Å²) in [6.45, 7) is 6.71. The van der Waals surface area contributed by atoms with Crippen LogP contribution in [0.1, 0.15) is 32.6 Å². The average Bonchev–Trinajstić information content (AvgIpc) is 2.29. The van der Waals surface area contributed by atoms with E-state index in [1.54, 1.807) is 0 Å². The van der Waals surface area contributed by atoms with Gasteiger partial charge in [0.2, 0.25) is 0 Å². The quantitative estimate of drug-likeness (QED) is 0.776. The van der Waals surface area contributed by atoms with Crippen LogP contribution in [0.5, 0.6) is 0 Å². The van der Waals surface area contributed by atoms with Crippen molar-refractivity contribution in [2.45, 2.75) is 32.6 Å². The molecule has 4 nitrogen and oxygen atoms in total. The summed E-state index contributed by atoms with van der Waals surface area (Å²) in [4.78, 5) is 15.0. The highest BCUT2D eigenvalue weighted by molar-refractivity contribution is 5.70. The molecule has 4 heteroatoms. The van der Waals surface area contributed by atoms with E-state index in [-0.39, 0.29) is 5.92 Å². The molecule has 106 valence electrons. The summed E-state index contributed by atoms with van der Waals surface area (Å²) in [6, 6.07) is 0. The van der Waals surface area contributed by atoms with Crippen molar-refractivity contribution in [3.63, 3.8) is 0 Å². The Hall–Kier alpha value is -0.610. The molecule has 18 heavy (non-hydrogen) atoms. The fourth-order valence-corrected chi connectivity index (χ4v) is 2.79. The Morgan fingerprint density at radius 1 is 1.06 bits per heavy atom. The predicted molar refractivity (Wildman–Crippen MR) is 73.8 cm³/mol. The van der Waals surface area contributed by atoms with Crippen molar-refractivity contribution in [1.29, 1.82) is 0 Å². The summed E-state index contributed by atoms with van der Waals surface area (Å²) in [7, 11) is 4.17. The van der Waals surface area contributed by atoms with E-state index < -0.39 is 5.97 Å². The Kier molecular flexibility index (Phi) is 6.65. The van der Waals surface area contributed by atoms with Gasteiger partial charge >= 0.3 is 5.97 Å². The first-order valence-corrected chi connectivity index (χ1v) is 7.09. The normalized spacial score (nSPS) is 30.4. The van der Waals surface area contributed by atoms with Crippen molar-refractivity contribution < 1.29 is 9.90 Å². The Balaban J connectivity index is 0.000000184. The van der Waals surface area contributed by atoms with Crippen LogP contribution >= 0.6 is 0 Å². The Labute approximate surface area is 111 Å². The summed E-state index contributed by atoms with van der Waals surface area (Å²) in [5.41, 5.74) is 0. The summed E-state index contributed by atoms with van der Waals surface area (Å²) in [5.74, 6) is 0.166. The molecule has 0 amide bonds. The van der Waals surface area contributed by atoms with Crippen LogP contribution in [0.2, 0.25) is 0 Å². The second kappa shape index (κ2) is 7.74. The van der Waals surface area contributed by atoms with Crippen LogP contribution in [-0.2, 0) is 4.79 Å². The molecular weight excluding hydrogens is 228 g/mol. The number of carboxylic acids is 1. The van der Waals surface area contributed by atoms with Crippen LogP contribution < -0.4 is 0 Å². The zero-order valence-electron chi connectivity index (χ0n) is 12.1. The highest BCUT2D eigenvalue weighted by Gasteiger charge is 2.22. The maximum atomic E-state index is 10.5. The van der Waals surface area contributed by atoms with E-state index in [1.807, 2.05) is 7.05 Å². The van der Waals surface area contributed by atoms with E-state index in [0.717, 1.165) is 31.8 Å². The van der Waals surface area contributed by atoms with Crippen molar-refractivity contribution in [3.8, 4) is 0 Å². The lowest BCUT2D eigenvalue weighted by atomic mass is 9.99. The van der Waals surface area contributed by atoms with Crippen LogP contribution in [0.4, 0.5) is 0 Å².